The zero-order valence-electron chi connectivity index (χ0n) is 14.2. The Kier molecular flexibility index (Phi) is 5.41. The van der Waals surface area contributed by atoms with Gasteiger partial charge in [0.05, 0.1) is 5.69 Å². The molecule has 2 aromatic rings. The number of anilines is 1. The molecular formula is C19H24N4O. The molecule has 5 heteroatoms. The number of rotatable bonds is 6. The first kappa shape index (κ1) is 16.4. The Morgan fingerprint density at radius 3 is 2.46 bits per heavy atom. The predicted molar refractivity (Wildman–Crippen MR) is 96.2 cm³/mol. The number of nitrogens with one attached hydrogen (secondary N) is 1. The Bertz CT molecular complexity index is 661. The third kappa shape index (κ3) is 3.91. The molecule has 0 atom stereocenters. The first-order chi connectivity index (χ1) is 11.8. The van der Waals surface area contributed by atoms with Gasteiger partial charge >= 0.3 is 0 Å². The van der Waals surface area contributed by atoms with E-state index in [1.165, 1.54) is 12.8 Å². The molecule has 1 saturated heterocycles. The number of unbranched alkanes of at least 4 members (excludes halogenated alkanes) is 1. The number of carbonyl (C=O) groups is 1. The molecule has 1 aromatic heterocycles. The zero-order chi connectivity index (χ0) is 16.8. The highest BCUT2D eigenvalue weighted by Gasteiger charge is 2.14. The minimum atomic E-state index is -0.0227. The molecule has 0 spiro atoms. The SMILES string of the molecule is CCCCNC(=O)c1ccc(-c2ccc(N3CCCC3)nn2)cc1. The smallest absolute Gasteiger partial charge is 0.251 e. The van der Waals surface area contributed by atoms with Crippen molar-refractivity contribution >= 4 is 11.7 Å². The normalized spacial score (nSPS) is 14.0. The molecule has 1 N–H and O–H groups in total. The van der Waals surface area contributed by atoms with Gasteiger partial charge in [-0.25, -0.2) is 0 Å². The number of hydrogen-bond donors (Lipinski definition) is 1. The molecule has 1 amide bonds. The molecule has 126 valence electrons. The first-order valence-electron chi connectivity index (χ1n) is 8.75. The summed E-state index contributed by atoms with van der Waals surface area (Å²) in [5.74, 6) is 0.925. The van der Waals surface area contributed by atoms with E-state index in [-0.39, 0.29) is 5.91 Å². The van der Waals surface area contributed by atoms with Crippen molar-refractivity contribution in [1.29, 1.82) is 0 Å². The molecule has 1 aromatic carbocycles. The lowest BCUT2D eigenvalue weighted by Gasteiger charge is -2.15. The Morgan fingerprint density at radius 1 is 1.08 bits per heavy atom. The van der Waals surface area contributed by atoms with Gasteiger partial charge in [-0.05, 0) is 43.5 Å². The van der Waals surface area contributed by atoms with E-state index in [9.17, 15) is 4.79 Å². The summed E-state index contributed by atoms with van der Waals surface area (Å²) in [5.41, 5.74) is 2.48. The van der Waals surface area contributed by atoms with Gasteiger partial charge < -0.3 is 10.2 Å². The van der Waals surface area contributed by atoms with Gasteiger partial charge in [0.2, 0.25) is 0 Å². The third-order valence-electron chi connectivity index (χ3n) is 4.34. The zero-order valence-corrected chi connectivity index (χ0v) is 14.2. The summed E-state index contributed by atoms with van der Waals surface area (Å²) in [6.07, 6.45) is 4.53. The molecule has 1 aliphatic rings. The highest BCUT2D eigenvalue weighted by atomic mass is 16.1. The fourth-order valence-corrected chi connectivity index (χ4v) is 2.87. The van der Waals surface area contributed by atoms with Crippen LogP contribution in [0.5, 0.6) is 0 Å². The van der Waals surface area contributed by atoms with E-state index in [1.54, 1.807) is 0 Å². The second kappa shape index (κ2) is 7.90. The highest BCUT2D eigenvalue weighted by Crippen LogP contribution is 2.21. The molecule has 0 aliphatic carbocycles. The van der Waals surface area contributed by atoms with Crippen LogP contribution in [-0.4, -0.2) is 35.7 Å². The Hall–Kier alpha value is -2.43. The average molecular weight is 324 g/mol. The highest BCUT2D eigenvalue weighted by molar-refractivity contribution is 5.94. The quantitative estimate of drug-likeness (QED) is 0.829. The van der Waals surface area contributed by atoms with E-state index in [4.69, 9.17) is 0 Å². The maximum Gasteiger partial charge on any atom is 0.251 e. The number of carbonyl (C=O) groups excluding carboxylic acids is 1. The van der Waals surface area contributed by atoms with E-state index >= 15 is 0 Å². The Morgan fingerprint density at radius 2 is 1.83 bits per heavy atom. The molecule has 24 heavy (non-hydrogen) atoms. The van der Waals surface area contributed by atoms with E-state index in [0.29, 0.717) is 5.56 Å². The van der Waals surface area contributed by atoms with E-state index in [2.05, 4.69) is 27.3 Å². The maximum absolute atomic E-state index is 12.0. The average Bonchev–Trinajstić information content (AvgIpc) is 3.17. The van der Waals surface area contributed by atoms with E-state index in [1.807, 2.05) is 36.4 Å². The fraction of sp³-hybridized carbons (Fsp3) is 0.421. The molecule has 0 bridgehead atoms. The Balaban J connectivity index is 1.65. The van der Waals surface area contributed by atoms with Gasteiger partial charge in [-0.1, -0.05) is 25.5 Å². The van der Waals surface area contributed by atoms with Crippen LogP contribution in [0.1, 0.15) is 43.0 Å². The van der Waals surface area contributed by atoms with Crippen LogP contribution in [0.3, 0.4) is 0 Å². The second-order valence-electron chi connectivity index (χ2n) is 6.16. The van der Waals surface area contributed by atoms with Gasteiger partial charge in [0, 0.05) is 30.8 Å². The van der Waals surface area contributed by atoms with Crippen molar-refractivity contribution in [2.24, 2.45) is 0 Å². The molecule has 2 heterocycles. The number of aromatic nitrogens is 2. The minimum absolute atomic E-state index is 0.0227. The molecule has 3 rings (SSSR count). The summed E-state index contributed by atoms with van der Waals surface area (Å²) in [6, 6.07) is 11.6. The van der Waals surface area contributed by atoms with Crippen LogP contribution in [0.2, 0.25) is 0 Å². The summed E-state index contributed by atoms with van der Waals surface area (Å²) >= 11 is 0. The fourth-order valence-electron chi connectivity index (χ4n) is 2.87. The summed E-state index contributed by atoms with van der Waals surface area (Å²) in [6.45, 7) is 4.96. The van der Waals surface area contributed by atoms with Crippen molar-refractivity contribution in [2.75, 3.05) is 24.5 Å². The van der Waals surface area contributed by atoms with Crippen molar-refractivity contribution in [3.05, 3.63) is 42.0 Å². The molecule has 0 radical (unpaired) electrons. The number of hydrogen-bond acceptors (Lipinski definition) is 4. The summed E-state index contributed by atoms with van der Waals surface area (Å²) < 4.78 is 0. The van der Waals surface area contributed by atoms with Gasteiger partial charge in [-0.2, -0.15) is 0 Å². The molecular weight excluding hydrogens is 300 g/mol. The van der Waals surface area contributed by atoms with Crippen molar-refractivity contribution in [1.82, 2.24) is 15.5 Å². The van der Waals surface area contributed by atoms with Gasteiger partial charge in [0.15, 0.2) is 5.82 Å². The van der Waals surface area contributed by atoms with Crippen molar-refractivity contribution in [3.8, 4) is 11.3 Å². The van der Waals surface area contributed by atoms with Crippen LogP contribution >= 0.6 is 0 Å². The van der Waals surface area contributed by atoms with Gasteiger partial charge in [-0.3, -0.25) is 4.79 Å². The largest absolute Gasteiger partial charge is 0.355 e. The van der Waals surface area contributed by atoms with E-state index < -0.39 is 0 Å². The lowest BCUT2D eigenvalue weighted by atomic mass is 10.1. The number of nitrogens with zero attached hydrogens (tertiary/aromatic N) is 3. The predicted octanol–water partition coefficient (Wildman–Crippen LogP) is 3.27. The van der Waals surface area contributed by atoms with Crippen LogP contribution in [-0.2, 0) is 0 Å². The third-order valence-corrected chi connectivity index (χ3v) is 4.34. The van der Waals surface area contributed by atoms with E-state index in [0.717, 1.165) is 49.6 Å². The molecule has 0 unspecified atom stereocenters. The topological polar surface area (TPSA) is 58.1 Å². The lowest BCUT2D eigenvalue weighted by Crippen LogP contribution is -2.24. The van der Waals surface area contributed by atoms with Crippen LogP contribution in [0.25, 0.3) is 11.3 Å². The van der Waals surface area contributed by atoms with Gasteiger partial charge in [0.25, 0.3) is 5.91 Å². The second-order valence-corrected chi connectivity index (χ2v) is 6.16. The summed E-state index contributed by atoms with van der Waals surface area (Å²) in [5, 5.41) is 11.6. The van der Waals surface area contributed by atoms with Gasteiger partial charge in [0.1, 0.15) is 0 Å². The minimum Gasteiger partial charge on any atom is -0.355 e. The Labute approximate surface area is 143 Å². The summed E-state index contributed by atoms with van der Waals surface area (Å²) in [4.78, 5) is 14.3. The van der Waals surface area contributed by atoms with Crippen molar-refractivity contribution < 1.29 is 4.79 Å². The van der Waals surface area contributed by atoms with Crippen molar-refractivity contribution in [3.63, 3.8) is 0 Å². The van der Waals surface area contributed by atoms with Gasteiger partial charge in [-0.15, -0.1) is 10.2 Å². The van der Waals surface area contributed by atoms with Crippen molar-refractivity contribution in [2.45, 2.75) is 32.6 Å². The molecule has 1 aliphatic heterocycles. The molecule has 1 fully saturated rings. The summed E-state index contributed by atoms with van der Waals surface area (Å²) in [7, 11) is 0. The monoisotopic (exact) mass is 324 g/mol. The van der Waals surface area contributed by atoms with Crippen LogP contribution in [0.4, 0.5) is 5.82 Å². The lowest BCUT2D eigenvalue weighted by molar-refractivity contribution is 0.0953. The van der Waals surface area contributed by atoms with Crippen LogP contribution in [0.15, 0.2) is 36.4 Å². The first-order valence-corrected chi connectivity index (χ1v) is 8.75. The maximum atomic E-state index is 12.0. The number of benzene rings is 1. The standard InChI is InChI=1S/C19H24N4O/c1-2-3-12-20-19(24)16-8-6-15(7-9-16)17-10-11-18(22-21-17)23-13-4-5-14-23/h6-11H,2-5,12-14H2,1H3,(H,20,24). The number of amides is 1. The molecule has 0 saturated carbocycles. The van der Waals surface area contributed by atoms with Crippen LogP contribution in [0, 0.1) is 0 Å². The van der Waals surface area contributed by atoms with Crippen LogP contribution < -0.4 is 10.2 Å². The molecule has 5 nitrogen and oxygen atoms in total.